The molecule has 164 valence electrons. The molecule has 2 aromatic rings. The minimum Gasteiger partial charge on any atom is -0.348 e. The smallest absolute Gasteiger partial charge is 0.251 e. The molecule has 0 saturated carbocycles. The highest BCUT2D eigenvalue weighted by Gasteiger charge is 2.26. The first kappa shape index (κ1) is 21.4. The van der Waals surface area contributed by atoms with E-state index < -0.39 is 10.0 Å². The highest BCUT2D eigenvalue weighted by Crippen LogP contribution is 2.24. The topological polar surface area (TPSA) is 86.8 Å². The molecule has 31 heavy (non-hydrogen) atoms. The molecule has 0 aromatic heterocycles. The predicted molar refractivity (Wildman–Crippen MR) is 119 cm³/mol. The van der Waals surface area contributed by atoms with E-state index in [1.165, 1.54) is 4.31 Å². The maximum absolute atomic E-state index is 12.8. The van der Waals surface area contributed by atoms with Crippen molar-refractivity contribution in [2.75, 3.05) is 23.1 Å². The normalized spacial score (nSPS) is 18.3. The Balaban J connectivity index is 1.45. The lowest BCUT2D eigenvalue weighted by Crippen LogP contribution is -2.38. The van der Waals surface area contributed by atoms with Crippen molar-refractivity contribution in [3.8, 4) is 0 Å². The van der Waals surface area contributed by atoms with Gasteiger partial charge in [0.25, 0.3) is 5.91 Å². The van der Waals surface area contributed by atoms with E-state index in [1.807, 2.05) is 29.2 Å². The van der Waals surface area contributed by atoms with Crippen LogP contribution in [0.2, 0.25) is 0 Å². The molecule has 0 aliphatic carbocycles. The SMILES string of the molecule is O=C(NCc1ccccc1CN1CCCC1=O)c1cccc(N2CCCCS2(=O)=O)c1. The summed E-state index contributed by atoms with van der Waals surface area (Å²) in [4.78, 5) is 26.6. The Labute approximate surface area is 183 Å². The molecule has 4 rings (SSSR count). The molecule has 2 aliphatic heterocycles. The molecule has 7 nitrogen and oxygen atoms in total. The van der Waals surface area contributed by atoms with Gasteiger partial charge in [0.2, 0.25) is 15.9 Å². The van der Waals surface area contributed by atoms with Gasteiger partial charge in [-0.2, -0.15) is 0 Å². The largest absolute Gasteiger partial charge is 0.348 e. The third-order valence-electron chi connectivity index (χ3n) is 5.84. The highest BCUT2D eigenvalue weighted by atomic mass is 32.2. The molecular weight excluding hydrogens is 414 g/mol. The zero-order chi connectivity index (χ0) is 21.8. The van der Waals surface area contributed by atoms with Gasteiger partial charge in [0, 0.05) is 38.2 Å². The molecule has 2 heterocycles. The number of carbonyl (C=O) groups is 2. The number of rotatable bonds is 6. The van der Waals surface area contributed by atoms with Crippen LogP contribution in [-0.2, 0) is 27.9 Å². The quantitative estimate of drug-likeness (QED) is 0.747. The number of anilines is 1. The van der Waals surface area contributed by atoms with Crippen LogP contribution in [-0.4, -0.2) is 44.0 Å². The number of nitrogens with one attached hydrogen (secondary N) is 1. The molecule has 2 aromatic carbocycles. The maximum atomic E-state index is 12.8. The first-order valence-electron chi connectivity index (χ1n) is 10.7. The summed E-state index contributed by atoms with van der Waals surface area (Å²) in [5.74, 6) is 0.0475. The number of hydrogen-bond acceptors (Lipinski definition) is 4. The van der Waals surface area contributed by atoms with Crippen molar-refractivity contribution in [2.24, 2.45) is 0 Å². The van der Waals surface area contributed by atoms with Crippen LogP contribution in [0.15, 0.2) is 48.5 Å². The number of hydrogen-bond donors (Lipinski definition) is 1. The van der Waals surface area contributed by atoms with E-state index in [1.54, 1.807) is 24.3 Å². The van der Waals surface area contributed by atoms with Gasteiger partial charge in [-0.1, -0.05) is 30.3 Å². The molecule has 2 amide bonds. The molecule has 2 saturated heterocycles. The average molecular weight is 442 g/mol. The minimum absolute atomic E-state index is 0.139. The number of benzene rings is 2. The van der Waals surface area contributed by atoms with Crippen molar-refractivity contribution >= 4 is 27.5 Å². The first-order valence-corrected chi connectivity index (χ1v) is 12.3. The van der Waals surface area contributed by atoms with Crippen LogP contribution in [0.3, 0.4) is 0 Å². The highest BCUT2D eigenvalue weighted by molar-refractivity contribution is 7.92. The fourth-order valence-electron chi connectivity index (χ4n) is 4.12. The summed E-state index contributed by atoms with van der Waals surface area (Å²) in [5.41, 5.74) is 2.93. The summed E-state index contributed by atoms with van der Waals surface area (Å²) >= 11 is 0. The number of carbonyl (C=O) groups excluding carboxylic acids is 2. The Bertz CT molecular complexity index is 1080. The molecule has 0 spiro atoms. The van der Waals surface area contributed by atoms with Crippen LogP contribution in [0.5, 0.6) is 0 Å². The van der Waals surface area contributed by atoms with Crippen molar-refractivity contribution in [1.82, 2.24) is 10.2 Å². The number of nitrogens with zero attached hydrogens (tertiary/aromatic N) is 2. The lowest BCUT2D eigenvalue weighted by molar-refractivity contribution is -0.128. The van der Waals surface area contributed by atoms with Crippen molar-refractivity contribution in [1.29, 1.82) is 0 Å². The lowest BCUT2D eigenvalue weighted by Gasteiger charge is -2.28. The molecule has 0 atom stereocenters. The second kappa shape index (κ2) is 9.09. The van der Waals surface area contributed by atoms with Crippen molar-refractivity contribution in [3.63, 3.8) is 0 Å². The summed E-state index contributed by atoms with van der Waals surface area (Å²) < 4.78 is 26.1. The molecule has 2 fully saturated rings. The fraction of sp³-hybridized carbons (Fsp3) is 0.391. The fourth-order valence-corrected chi connectivity index (χ4v) is 5.75. The van der Waals surface area contributed by atoms with Gasteiger partial charge < -0.3 is 10.2 Å². The van der Waals surface area contributed by atoms with Gasteiger partial charge in [-0.15, -0.1) is 0 Å². The third kappa shape index (κ3) is 4.90. The summed E-state index contributed by atoms with van der Waals surface area (Å²) in [7, 11) is -3.33. The second-order valence-corrected chi connectivity index (χ2v) is 10.0. The van der Waals surface area contributed by atoms with Crippen molar-refractivity contribution < 1.29 is 18.0 Å². The maximum Gasteiger partial charge on any atom is 0.251 e. The Kier molecular flexibility index (Phi) is 6.27. The van der Waals surface area contributed by atoms with Gasteiger partial charge in [-0.3, -0.25) is 13.9 Å². The Morgan fingerprint density at radius 3 is 2.52 bits per heavy atom. The molecule has 0 unspecified atom stereocenters. The van der Waals surface area contributed by atoms with E-state index in [-0.39, 0.29) is 17.6 Å². The van der Waals surface area contributed by atoms with Crippen LogP contribution in [0.4, 0.5) is 5.69 Å². The molecule has 0 radical (unpaired) electrons. The molecule has 2 aliphatic rings. The van der Waals surface area contributed by atoms with Gasteiger partial charge in [0.15, 0.2) is 0 Å². The number of sulfonamides is 1. The number of amides is 2. The third-order valence-corrected chi connectivity index (χ3v) is 7.71. The van der Waals surface area contributed by atoms with Gasteiger partial charge in [0.1, 0.15) is 0 Å². The molecule has 1 N–H and O–H groups in total. The monoisotopic (exact) mass is 441 g/mol. The molecule has 8 heteroatoms. The predicted octanol–water partition coefficient (Wildman–Crippen LogP) is 2.67. The molecule has 0 bridgehead atoms. The van der Waals surface area contributed by atoms with E-state index in [0.29, 0.717) is 43.7 Å². The standard InChI is InChI=1S/C23H27N3O4S/c27-22-11-6-12-25(22)17-20-8-2-1-7-19(20)16-24-23(28)18-9-5-10-21(15-18)26-13-3-4-14-31(26,29)30/h1-2,5,7-10,15H,3-4,6,11-14,16-17H2,(H,24,28). The Morgan fingerprint density at radius 1 is 0.968 bits per heavy atom. The first-order chi connectivity index (χ1) is 14.9. The van der Waals surface area contributed by atoms with E-state index >= 15 is 0 Å². The Morgan fingerprint density at radius 2 is 1.77 bits per heavy atom. The van der Waals surface area contributed by atoms with E-state index in [4.69, 9.17) is 0 Å². The van der Waals surface area contributed by atoms with Crippen LogP contribution >= 0.6 is 0 Å². The zero-order valence-electron chi connectivity index (χ0n) is 17.4. The van der Waals surface area contributed by atoms with Gasteiger partial charge in [0.05, 0.1) is 11.4 Å². The van der Waals surface area contributed by atoms with E-state index in [0.717, 1.165) is 30.5 Å². The summed E-state index contributed by atoms with van der Waals surface area (Å²) in [5, 5.41) is 2.93. The Hall–Kier alpha value is -2.87. The zero-order valence-corrected chi connectivity index (χ0v) is 18.2. The number of likely N-dealkylation sites (tertiary alicyclic amines) is 1. The summed E-state index contributed by atoms with van der Waals surface area (Å²) in [6.45, 7) is 2.10. The average Bonchev–Trinajstić information content (AvgIpc) is 3.17. The van der Waals surface area contributed by atoms with Crippen LogP contribution < -0.4 is 9.62 Å². The van der Waals surface area contributed by atoms with E-state index in [2.05, 4.69) is 5.32 Å². The van der Waals surface area contributed by atoms with Crippen molar-refractivity contribution in [3.05, 3.63) is 65.2 Å². The molecular formula is C23H27N3O4S. The summed E-state index contributed by atoms with van der Waals surface area (Å²) in [6.07, 6.45) is 2.97. The van der Waals surface area contributed by atoms with Crippen molar-refractivity contribution in [2.45, 2.75) is 38.8 Å². The van der Waals surface area contributed by atoms with Crippen LogP contribution in [0, 0.1) is 0 Å². The van der Waals surface area contributed by atoms with Crippen LogP contribution in [0.1, 0.15) is 47.2 Å². The van der Waals surface area contributed by atoms with E-state index in [9.17, 15) is 18.0 Å². The lowest BCUT2D eigenvalue weighted by atomic mass is 10.1. The summed E-state index contributed by atoms with van der Waals surface area (Å²) in [6, 6.07) is 14.5. The minimum atomic E-state index is -3.33. The second-order valence-electron chi connectivity index (χ2n) is 8.02. The van der Waals surface area contributed by atoms with Crippen LogP contribution in [0.25, 0.3) is 0 Å². The van der Waals surface area contributed by atoms with Gasteiger partial charge in [-0.25, -0.2) is 8.42 Å². The van der Waals surface area contributed by atoms with Gasteiger partial charge in [-0.05, 0) is 48.6 Å². The van der Waals surface area contributed by atoms with Gasteiger partial charge >= 0.3 is 0 Å².